The van der Waals surface area contributed by atoms with Crippen LogP contribution in [0.5, 0.6) is 0 Å². The molecule has 18 heavy (non-hydrogen) atoms. The van der Waals surface area contributed by atoms with E-state index in [1.807, 2.05) is 41.0 Å². The van der Waals surface area contributed by atoms with Gasteiger partial charge in [0.1, 0.15) is 0 Å². The van der Waals surface area contributed by atoms with Gasteiger partial charge in [-0.15, -0.1) is 11.3 Å². The number of fused-ring (bicyclic) bond motifs is 3. The van der Waals surface area contributed by atoms with E-state index in [9.17, 15) is 4.79 Å². The highest BCUT2D eigenvalue weighted by Crippen LogP contribution is 2.23. The minimum absolute atomic E-state index is 0.199. The van der Waals surface area contributed by atoms with Crippen LogP contribution in [-0.2, 0) is 16.0 Å². The van der Waals surface area contributed by atoms with Gasteiger partial charge in [-0.3, -0.25) is 9.20 Å². The zero-order chi connectivity index (χ0) is 12.5. The van der Waals surface area contributed by atoms with Crippen molar-refractivity contribution in [2.45, 2.75) is 13.3 Å². The lowest BCUT2D eigenvalue weighted by molar-refractivity contribution is -0.142. The zero-order valence-electron chi connectivity index (χ0n) is 9.92. The second kappa shape index (κ2) is 4.42. The molecule has 0 fully saturated rings. The van der Waals surface area contributed by atoms with Gasteiger partial charge < -0.3 is 4.74 Å². The molecule has 1 aromatic carbocycles. The molecule has 2 heterocycles. The Morgan fingerprint density at radius 1 is 1.44 bits per heavy atom. The van der Waals surface area contributed by atoms with E-state index in [1.54, 1.807) is 11.3 Å². The summed E-state index contributed by atoms with van der Waals surface area (Å²) in [5.74, 6) is -0.199. The van der Waals surface area contributed by atoms with Crippen LogP contribution in [0.2, 0.25) is 0 Å². The van der Waals surface area contributed by atoms with Crippen molar-refractivity contribution in [3.05, 3.63) is 35.3 Å². The third kappa shape index (κ3) is 1.76. The predicted molar refractivity (Wildman–Crippen MR) is 70.9 cm³/mol. The smallest absolute Gasteiger partial charge is 0.311 e. The Kier molecular flexibility index (Phi) is 2.76. The Morgan fingerprint density at radius 3 is 3.11 bits per heavy atom. The van der Waals surface area contributed by atoms with E-state index in [4.69, 9.17) is 4.74 Å². The van der Waals surface area contributed by atoms with Gasteiger partial charge in [-0.2, -0.15) is 0 Å². The molecule has 0 radical (unpaired) electrons. The van der Waals surface area contributed by atoms with E-state index in [0.717, 1.165) is 21.7 Å². The zero-order valence-corrected chi connectivity index (χ0v) is 10.7. The number of hydrogen-bond donors (Lipinski definition) is 0. The number of ether oxygens (including phenoxy) is 1. The molecule has 2 aromatic heterocycles. The van der Waals surface area contributed by atoms with Crippen molar-refractivity contribution in [1.29, 1.82) is 0 Å². The molecule has 0 atom stereocenters. The van der Waals surface area contributed by atoms with Gasteiger partial charge in [0.2, 0.25) is 0 Å². The van der Waals surface area contributed by atoms with Crippen LogP contribution in [-0.4, -0.2) is 22.0 Å². The maximum atomic E-state index is 11.6. The molecule has 4 nitrogen and oxygen atoms in total. The second-order valence-corrected chi connectivity index (χ2v) is 4.76. The Morgan fingerprint density at radius 2 is 2.28 bits per heavy atom. The molecule has 0 amide bonds. The largest absolute Gasteiger partial charge is 0.466 e. The summed E-state index contributed by atoms with van der Waals surface area (Å²) >= 11 is 1.54. The van der Waals surface area contributed by atoms with Crippen molar-refractivity contribution in [1.82, 2.24) is 9.38 Å². The van der Waals surface area contributed by atoms with E-state index in [1.165, 1.54) is 0 Å². The number of imidazole rings is 1. The van der Waals surface area contributed by atoms with Crippen molar-refractivity contribution in [3.8, 4) is 0 Å². The van der Waals surface area contributed by atoms with Gasteiger partial charge in [0.25, 0.3) is 0 Å². The number of thiazole rings is 1. The van der Waals surface area contributed by atoms with Gasteiger partial charge in [-0.05, 0) is 19.1 Å². The molecule has 0 aliphatic rings. The Bertz CT molecular complexity index is 714. The van der Waals surface area contributed by atoms with Crippen LogP contribution < -0.4 is 0 Å². The summed E-state index contributed by atoms with van der Waals surface area (Å²) in [5, 5.41) is 1.96. The maximum absolute atomic E-state index is 11.6. The highest BCUT2D eigenvalue weighted by atomic mass is 32.1. The average molecular weight is 260 g/mol. The molecule has 0 saturated heterocycles. The molecule has 3 aromatic rings. The maximum Gasteiger partial charge on any atom is 0.311 e. The normalized spacial score (nSPS) is 11.2. The van der Waals surface area contributed by atoms with Crippen molar-refractivity contribution in [2.24, 2.45) is 0 Å². The van der Waals surface area contributed by atoms with E-state index in [0.29, 0.717) is 6.61 Å². The Hall–Kier alpha value is -1.88. The SMILES string of the molecule is CCOC(=O)Cc1csc2nc3ccccc3n12. The summed E-state index contributed by atoms with van der Waals surface area (Å²) < 4.78 is 7.01. The first-order chi connectivity index (χ1) is 8.79. The number of hydrogen-bond acceptors (Lipinski definition) is 4. The van der Waals surface area contributed by atoms with Crippen molar-refractivity contribution in [2.75, 3.05) is 6.61 Å². The standard InChI is InChI=1S/C13H12N2O2S/c1-2-17-12(16)7-9-8-18-13-14-10-5-3-4-6-11(10)15(9)13/h3-6,8H,2,7H2,1H3. The van der Waals surface area contributed by atoms with E-state index >= 15 is 0 Å². The minimum atomic E-state index is -0.199. The van der Waals surface area contributed by atoms with Crippen molar-refractivity contribution in [3.63, 3.8) is 0 Å². The van der Waals surface area contributed by atoms with Crippen molar-refractivity contribution < 1.29 is 9.53 Å². The van der Waals surface area contributed by atoms with Crippen LogP contribution in [0.25, 0.3) is 16.0 Å². The number of carbonyl (C=O) groups is 1. The first kappa shape index (κ1) is 11.2. The van der Waals surface area contributed by atoms with Gasteiger partial charge >= 0.3 is 5.97 Å². The predicted octanol–water partition coefficient (Wildman–Crippen LogP) is 2.65. The average Bonchev–Trinajstić information content (AvgIpc) is 2.89. The fourth-order valence-electron chi connectivity index (χ4n) is 2.01. The number of benzene rings is 1. The molecule has 92 valence electrons. The lowest BCUT2D eigenvalue weighted by atomic mass is 10.3. The van der Waals surface area contributed by atoms with Gasteiger partial charge in [0, 0.05) is 11.1 Å². The number of rotatable bonds is 3. The van der Waals surface area contributed by atoms with E-state index in [2.05, 4.69) is 4.98 Å². The van der Waals surface area contributed by atoms with E-state index in [-0.39, 0.29) is 12.4 Å². The number of para-hydroxylation sites is 2. The number of aromatic nitrogens is 2. The van der Waals surface area contributed by atoms with Crippen LogP contribution in [0, 0.1) is 0 Å². The van der Waals surface area contributed by atoms with Gasteiger partial charge in [0.05, 0.1) is 24.1 Å². The number of nitrogens with zero attached hydrogens (tertiary/aromatic N) is 2. The highest BCUT2D eigenvalue weighted by Gasteiger charge is 2.13. The molecule has 0 aliphatic heterocycles. The number of esters is 1. The molecule has 0 N–H and O–H groups in total. The van der Waals surface area contributed by atoms with Crippen LogP contribution >= 0.6 is 11.3 Å². The molecule has 0 aliphatic carbocycles. The van der Waals surface area contributed by atoms with Gasteiger partial charge in [-0.25, -0.2) is 4.98 Å². The molecule has 0 spiro atoms. The quantitative estimate of drug-likeness (QED) is 0.680. The second-order valence-electron chi connectivity index (χ2n) is 3.93. The topological polar surface area (TPSA) is 43.6 Å². The van der Waals surface area contributed by atoms with E-state index < -0.39 is 0 Å². The minimum Gasteiger partial charge on any atom is -0.466 e. The lowest BCUT2D eigenvalue weighted by Crippen LogP contribution is -2.08. The third-order valence-electron chi connectivity index (χ3n) is 2.75. The number of carbonyl (C=O) groups excluding carboxylic acids is 1. The molecule has 0 saturated carbocycles. The third-order valence-corrected chi connectivity index (χ3v) is 3.62. The first-order valence-corrected chi connectivity index (χ1v) is 6.66. The molecule has 5 heteroatoms. The summed E-state index contributed by atoms with van der Waals surface area (Å²) in [5.41, 5.74) is 2.92. The summed E-state index contributed by atoms with van der Waals surface area (Å²) in [6.45, 7) is 2.23. The fraction of sp³-hybridized carbons (Fsp3) is 0.231. The molecule has 3 rings (SSSR count). The van der Waals surface area contributed by atoms with Gasteiger partial charge in [-0.1, -0.05) is 12.1 Å². The lowest BCUT2D eigenvalue weighted by Gasteiger charge is -2.01. The monoisotopic (exact) mass is 260 g/mol. The molecule has 0 bridgehead atoms. The molecule has 0 unspecified atom stereocenters. The van der Waals surface area contributed by atoms with Gasteiger partial charge in [0.15, 0.2) is 4.96 Å². The summed E-state index contributed by atoms with van der Waals surface area (Å²) in [7, 11) is 0. The van der Waals surface area contributed by atoms with Crippen LogP contribution in [0.4, 0.5) is 0 Å². The van der Waals surface area contributed by atoms with Crippen LogP contribution in [0.15, 0.2) is 29.6 Å². The fourth-order valence-corrected chi connectivity index (χ4v) is 2.92. The Labute approximate surface area is 108 Å². The van der Waals surface area contributed by atoms with Crippen LogP contribution in [0.3, 0.4) is 0 Å². The molecular formula is C13H12N2O2S. The molecular weight excluding hydrogens is 248 g/mol. The summed E-state index contributed by atoms with van der Waals surface area (Å²) in [6.07, 6.45) is 0.286. The summed E-state index contributed by atoms with van der Waals surface area (Å²) in [4.78, 5) is 17.0. The van der Waals surface area contributed by atoms with Crippen molar-refractivity contribution >= 4 is 33.3 Å². The Balaban J connectivity index is 2.09. The van der Waals surface area contributed by atoms with Crippen LogP contribution in [0.1, 0.15) is 12.6 Å². The highest BCUT2D eigenvalue weighted by molar-refractivity contribution is 7.15. The summed E-state index contributed by atoms with van der Waals surface area (Å²) in [6, 6.07) is 7.92. The first-order valence-electron chi connectivity index (χ1n) is 5.79.